The number of halogens is 3. The van der Waals surface area contributed by atoms with Crippen LogP contribution in [0.4, 0.5) is 18.0 Å². The topological polar surface area (TPSA) is 58.6 Å². The molecule has 1 unspecified atom stereocenters. The molecule has 0 aliphatic carbocycles. The van der Waals surface area contributed by atoms with E-state index in [1.807, 2.05) is 18.2 Å². The molecule has 2 saturated heterocycles. The number of carbonyl (C=O) groups is 2. The van der Waals surface area contributed by atoms with Gasteiger partial charge in [0.15, 0.2) is 0 Å². The highest BCUT2D eigenvalue weighted by atomic mass is 32.2. The zero-order valence-corrected chi connectivity index (χ0v) is 15.4. The number of rotatable bonds is 3. The smallest absolute Gasteiger partial charge is 0.408 e. The summed E-state index contributed by atoms with van der Waals surface area (Å²) in [6, 6.07) is 8.21. The van der Waals surface area contributed by atoms with E-state index in [0.717, 1.165) is 5.56 Å². The molecule has 9 heteroatoms. The van der Waals surface area contributed by atoms with Crippen LogP contribution >= 0.6 is 11.8 Å². The van der Waals surface area contributed by atoms with Crippen LogP contribution in [0.25, 0.3) is 0 Å². The van der Waals surface area contributed by atoms with E-state index in [2.05, 4.69) is 5.32 Å². The molecular weight excluding hydrogens is 381 g/mol. The van der Waals surface area contributed by atoms with Crippen LogP contribution in [0.2, 0.25) is 0 Å². The van der Waals surface area contributed by atoms with Gasteiger partial charge in [0.05, 0.1) is 11.3 Å². The molecular formula is C18H21F3N2O3S. The van der Waals surface area contributed by atoms with Crippen LogP contribution in [-0.2, 0) is 16.1 Å². The first-order valence-corrected chi connectivity index (χ1v) is 9.85. The van der Waals surface area contributed by atoms with E-state index in [1.54, 1.807) is 12.1 Å². The monoisotopic (exact) mass is 402 g/mol. The molecule has 0 saturated carbocycles. The first-order valence-electron chi connectivity index (χ1n) is 8.80. The number of nitrogens with zero attached hydrogens (tertiary/aromatic N) is 1. The number of hydrogen-bond acceptors (Lipinski definition) is 4. The fourth-order valence-electron chi connectivity index (χ4n) is 3.30. The Hall–Kier alpha value is -1.90. The Bertz CT molecular complexity index is 672. The number of alkyl carbamates (subject to hydrolysis) is 1. The Kier molecular flexibility index (Phi) is 6.18. The third-order valence-electron chi connectivity index (χ3n) is 4.79. The van der Waals surface area contributed by atoms with Gasteiger partial charge in [-0.15, -0.1) is 11.8 Å². The Morgan fingerprint density at radius 3 is 2.67 bits per heavy atom. The predicted molar refractivity (Wildman–Crippen MR) is 94.9 cm³/mol. The second-order valence-corrected chi connectivity index (χ2v) is 7.96. The van der Waals surface area contributed by atoms with Crippen molar-refractivity contribution >= 4 is 23.8 Å². The van der Waals surface area contributed by atoms with Crippen LogP contribution in [0.15, 0.2) is 30.3 Å². The van der Waals surface area contributed by atoms with E-state index in [4.69, 9.17) is 4.74 Å². The largest absolute Gasteiger partial charge is 0.445 e. The number of piperidine rings is 1. The van der Waals surface area contributed by atoms with Crippen molar-refractivity contribution < 1.29 is 27.5 Å². The Morgan fingerprint density at radius 2 is 1.96 bits per heavy atom. The number of ether oxygens (including phenoxy) is 1. The van der Waals surface area contributed by atoms with Gasteiger partial charge < -0.3 is 15.0 Å². The summed E-state index contributed by atoms with van der Waals surface area (Å²) in [5.74, 6) is -1.38. The maximum Gasteiger partial charge on any atom is 0.408 e. The molecule has 1 aromatic carbocycles. The van der Waals surface area contributed by atoms with Crippen molar-refractivity contribution in [2.24, 2.45) is 5.92 Å². The minimum Gasteiger partial charge on any atom is -0.445 e. The number of hydrogen-bond donors (Lipinski definition) is 1. The second kappa shape index (κ2) is 8.41. The molecule has 0 bridgehead atoms. The molecule has 1 aromatic rings. The van der Waals surface area contributed by atoms with Crippen LogP contribution in [0.3, 0.4) is 0 Å². The quantitative estimate of drug-likeness (QED) is 0.840. The van der Waals surface area contributed by atoms with E-state index >= 15 is 0 Å². The van der Waals surface area contributed by atoms with Crippen molar-refractivity contribution in [2.45, 2.75) is 43.5 Å². The van der Waals surface area contributed by atoms with Crippen molar-refractivity contribution in [1.29, 1.82) is 0 Å². The van der Waals surface area contributed by atoms with Gasteiger partial charge in [0.25, 0.3) is 0 Å². The Balaban J connectivity index is 1.59. The van der Waals surface area contributed by atoms with Crippen molar-refractivity contribution in [3.05, 3.63) is 35.9 Å². The van der Waals surface area contributed by atoms with Gasteiger partial charge >= 0.3 is 12.3 Å². The Morgan fingerprint density at radius 1 is 1.22 bits per heavy atom. The molecule has 3 atom stereocenters. The summed E-state index contributed by atoms with van der Waals surface area (Å²) in [6.07, 6.45) is -4.36. The van der Waals surface area contributed by atoms with Gasteiger partial charge in [-0.1, -0.05) is 30.3 Å². The highest BCUT2D eigenvalue weighted by Crippen LogP contribution is 2.39. The Labute approximate surface area is 159 Å². The zero-order chi connectivity index (χ0) is 19.4. The summed E-state index contributed by atoms with van der Waals surface area (Å²) in [6.45, 7) is -0.290. The molecule has 5 nitrogen and oxygen atoms in total. The van der Waals surface area contributed by atoms with Gasteiger partial charge in [0, 0.05) is 6.54 Å². The minimum absolute atomic E-state index is 0.0299. The standard InChI is InChI=1S/C18H21F3N2O3S/c19-18(20,21)13-6-7-15-23(10-13)16(24)14(8-9-27-15)22-17(25)26-11-12-4-2-1-3-5-12/h1-5,13-15H,6-11H2,(H,22,25)/t13-,14?,15+/m1/s1. The number of nitrogens with one attached hydrogen (secondary N) is 1. The minimum atomic E-state index is -4.32. The van der Waals surface area contributed by atoms with Gasteiger partial charge in [-0.05, 0) is 30.6 Å². The molecule has 2 fully saturated rings. The number of alkyl halides is 3. The number of amides is 2. The van der Waals surface area contributed by atoms with Crippen LogP contribution in [0.5, 0.6) is 0 Å². The lowest BCUT2D eigenvalue weighted by Gasteiger charge is -2.39. The fourth-order valence-corrected chi connectivity index (χ4v) is 4.62. The summed E-state index contributed by atoms with van der Waals surface area (Å²) < 4.78 is 44.3. The normalized spacial score (nSPS) is 26.1. The maximum absolute atomic E-state index is 13.1. The van der Waals surface area contributed by atoms with Crippen LogP contribution < -0.4 is 5.32 Å². The lowest BCUT2D eigenvalue weighted by Crippen LogP contribution is -2.54. The third-order valence-corrected chi connectivity index (χ3v) is 6.14. The molecule has 2 aliphatic rings. The maximum atomic E-state index is 13.1. The molecule has 0 spiro atoms. The summed E-state index contributed by atoms with van der Waals surface area (Å²) in [7, 11) is 0. The molecule has 0 radical (unpaired) electrons. The van der Waals surface area contributed by atoms with Gasteiger partial charge in [0.2, 0.25) is 5.91 Å². The lowest BCUT2D eigenvalue weighted by molar-refractivity contribution is -0.189. The lowest BCUT2D eigenvalue weighted by atomic mass is 9.96. The van der Waals surface area contributed by atoms with Gasteiger partial charge in [-0.2, -0.15) is 13.2 Å². The molecule has 148 valence electrons. The molecule has 2 amide bonds. The highest BCUT2D eigenvalue weighted by Gasteiger charge is 2.47. The molecule has 1 N–H and O–H groups in total. The van der Waals surface area contributed by atoms with Crippen LogP contribution in [-0.4, -0.2) is 46.8 Å². The average Bonchev–Trinajstić information content (AvgIpc) is 2.79. The molecule has 27 heavy (non-hydrogen) atoms. The number of fused-ring (bicyclic) bond motifs is 1. The third kappa shape index (κ3) is 5.09. The summed E-state index contributed by atoms with van der Waals surface area (Å²) in [5.41, 5.74) is 0.805. The molecule has 3 rings (SSSR count). The van der Waals surface area contributed by atoms with Crippen LogP contribution in [0.1, 0.15) is 24.8 Å². The van der Waals surface area contributed by atoms with E-state index in [-0.39, 0.29) is 24.9 Å². The first-order chi connectivity index (χ1) is 12.8. The molecule has 2 aliphatic heterocycles. The van der Waals surface area contributed by atoms with Crippen molar-refractivity contribution in [3.8, 4) is 0 Å². The average molecular weight is 402 g/mol. The van der Waals surface area contributed by atoms with E-state index < -0.39 is 30.1 Å². The van der Waals surface area contributed by atoms with Crippen molar-refractivity contribution in [3.63, 3.8) is 0 Å². The van der Waals surface area contributed by atoms with Gasteiger partial charge in [0.1, 0.15) is 12.6 Å². The highest BCUT2D eigenvalue weighted by molar-refractivity contribution is 7.99. The second-order valence-electron chi connectivity index (χ2n) is 6.68. The van der Waals surface area contributed by atoms with Gasteiger partial charge in [-0.25, -0.2) is 4.79 Å². The van der Waals surface area contributed by atoms with E-state index in [0.29, 0.717) is 18.6 Å². The molecule has 0 aromatic heterocycles. The fraction of sp³-hybridized carbons (Fsp3) is 0.556. The van der Waals surface area contributed by atoms with E-state index in [1.165, 1.54) is 16.7 Å². The van der Waals surface area contributed by atoms with Crippen molar-refractivity contribution in [1.82, 2.24) is 10.2 Å². The predicted octanol–water partition coefficient (Wildman–Crippen LogP) is 3.55. The van der Waals surface area contributed by atoms with Crippen LogP contribution in [0, 0.1) is 5.92 Å². The SMILES string of the molecule is O=C(NC1CCS[C@H]2CC[C@@H](C(F)(F)F)CN2C1=O)OCc1ccccc1. The van der Waals surface area contributed by atoms with Gasteiger partial charge in [-0.3, -0.25) is 4.79 Å². The first kappa shape index (κ1) is 19.9. The molecule has 2 heterocycles. The van der Waals surface area contributed by atoms with Crippen molar-refractivity contribution in [2.75, 3.05) is 12.3 Å². The number of carbonyl (C=O) groups excluding carboxylic acids is 2. The summed E-state index contributed by atoms with van der Waals surface area (Å²) in [4.78, 5) is 26.1. The zero-order valence-electron chi connectivity index (χ0n) is 14.6. The van der Waals surface area contributed by atoms with E-state index in [9.17, 15) is 22.8 Å². The summed E-state index contributed by atoms with van der Waals surface area (Å²) in [5, 5.41) is 2.26. The number of benzene rings is 1. The number of thioether (sulfide) groups is 1. The summed E-state index contributed by atoms with van der Waals surface area (Å²) >= 11 is 1.47.